The average Bonchev–Trinajstić information content (AvgIpc) is 2.97. The summed E-state index contributed by atoms with van der Waals surface area (Å²) in [7, 11) is 1.65. The van der Waals surface area contributed by atoms with Crippen LogP contribution in [-0.2, 0) is 0 Å². The lowest BCUT2D eigenvalue weighted by molar-refractivity contribution is 0.415. The van der Waals surface area contributed by atoms with E-state index in [1.54, 1.807) is 24.5 Å². The molecular weight excluding hydrogens is 325 g/mol. The van der Waals surface area contributed by atoms with Crippen molar-refractivity contribution in [2.75, 3.05) is 7.11 Å². The zero-order valence-electron chi connectivity index (χ0n) is 11.1. The van der Waals surface area contributed by atoms with E-state index in [1.807, 2.05) is 41.8 Å². The Hall–Kier alpha value is -1.55. The van der Waals surface area contributed by atoms with Crippen molar-refractivity contribution in [3.63, 3.8) is 0 Å². The molecule has 0 bridgehead atoms. The molecule has 21 heavy (non-hydrogen) atoms. The lowest BCUT2D eigenvalue weighted by Crippen LogP contribution is -1.84. The molecule has 0 radical (unpaired) electrons. The van der Waals surface area contributed by atoms with Crippen LogP contribution in [0.4, 0.5) is 0 Å². The third-order valence-corrected chi connectivity index (χ3v) is 4.47. The van der Waals surface area contributed by atoms with Gasteiger partial charge in [0.15, 0.2) is 0 Å². The largest absolute Gasteiger partial charge is 0.497 e. The second-order valence-corrected chi connectivity index (χ2v) is 6.10. The van der Waals surface area contributed by atoms with Crippen molar-refractivity contribution in [3.05, 3.63) is 57.9 Å². The standard InChI is InChI=1S/C16H11Cl2NOS/c1-20-12-4-2-3-10(7-12)16-19-15(9-21-16)13-6-5-11(17)8-14(13)18/h2-9H,1H3. The highest BCUT2D eigenvalue weighted by molar-refractivity contribution is 7.13. The van der Waals surface area contributed by atoms with Gasteiger partial charge in [-0.1, -0.05) is 35.3 Å². The van der Waals surface area contributed by atoms with E-state index >= 15 is 0 Å². The molecule has 0 aliphatic rings. The van der Waals surface area contributed by atoms with Gasteiger partial charge in [0.05, 0.1) is 17.8 Å². The molecule has 0 fully saturated rings. The van der Waals surface area contributed by atoms with Crippen LogP contribution in [0.15, 0.2) is 47.8 Å². The molecule has 106 valence electrons. The lowest BCUT2D eigenvalue weighted by Gasteiger charge is -2.02. The van der Waals surface area contributed by atoms with Crippen LogP contribution in [0.5, 0.6) is 5.75 Å². The van der Waals surface area contributed by atoms with Gasteiger partial charge < -0.3 is 4.74 Å². The van der Waals surface area contributed by atoms with Crippen LogP contribution in [0.3, 0.4) is 0 Å². The van der Waals surface area contributed by atoms with E-state index in [1.165, 1.54) is 0 Å². The number of aromatic nitrogens is 1. The van der Waals surface area contributed by atoms with Crippen molar-refractivity contribution in [3.8, 4) is 27.6 Å². The van der Waals surface area contributed by atoms with E-state index in [0.29, 0.717) is 10.0 Å². The Bertz CT molecular complexity index is 785. The molecular formula is C16H11Cl2NOS. The minimum atomic E-state index is 0.602. The summed E-state index contributed by atoms with van der Waals surface area (Å²) in [5.41, 5.74) is 2.75. The summed E-state index contributed by atoms with van der Waals surface area (Å²) >= 11 is 13.7. The third-order valence-electron chi connectivity index (χ3n) is 3.03. The van der Waals surface area contributed by atoms with Gasteiger partial charge in [-0.15, -0.1) is 11.3 Å². The minimum absolute atomic E-state index is 0.602. The van der Waals surface area contributed by atoms with Crippen molar-refractivity contribution in [2.24, 2.45) is 0 Å². The van der Waals surface area contributed by atoms with Gasteiger partial charge in [0, 0.05) is 21.5 Å². The minimum Gasteiger partial charge on any atom is -0.497 e. The van der Waals surface area contributed by atoms with E-state index in [-0.39, 0.29) is 0 Å². The molecule has 3 aromatic rings. The van der Waals surface area contributed by atoms with Crippen LogP contribution in [-0.4, -0.2) is 12.1 Å². The molecule has 1 heterocycles. The first-order valence-corrected chi connectivity index (χ1v) is 7.86. The number of methoxy groups -OCH3 is 1. The van der Waals surface area contributed by atoms with Crippen molar-refractivity contribution < 1.29 is 4.74 Å². The van der Waals surface area contributed by atoms with Gasteiger partial charge >= 0.3 is 0 Å². The Morgan fingerprint density at radius 3 is 2.71 bits per heavy atom. The van der Waals surface area contributed by atoms with Crippen molar-refractivity contribution in [1.29, 1.82) is 0 Å². The number of rotatable bonds is 3. The monoisotopic (exact) mass is 335 g/mol. The van der Waals surface area contributed by atoms with Crippen LogP contribution in [0.2, 0.25) is 10.0 Å². The molecule has 2 aromatic carbocycles. The van der Waals surface area contributed by atoms with Crippen molar-refractivity contribution >= 4 is 34.5 Å². The molecule has 0 aliphatic carbocycles. The maximum Gasteiger partial charge on any atom is 0.124 e. The van der Waals surface area contributed by atoms with E-state index in [9.17, 15) is 0 Å². The first kappa shape index (κ1) is 14.4. The number of ether oxygens (including phenoxy) is 1. The Balaban J connectivity index is 1.99. The summed E-state index contributed by atoms with van der Waals surface area (Å²) in [4.78, 5) is 4.65. The summed E-state index contributed by atoms with van der Waals surface area (Å²) in [6, 6.07) is 13.3. The fourth-order valence-electron chi connectivity index (χ4n) is 1.98. The zero-order chi connectivity index (χ0) is 14.8. The number of nitrogens with zero attached hydrogens (tertiary/aromatic N) is 1. The van der Waals surface area contributed by atoms with Gasteiger partial charge in [0.25, 0.3) is 0 Å². The van der Waals surface area contributed by atoms with Crippen molar-refractivity contribution in [2.45, 2.75) is 0 Å². The summed E-state index contributed by atoms with van der Waals surface area (Å²) in [5.74, 6) is 0.814. The Labute approximate surface area is 136 Å². The topological polar surface area (TPSA) is 22.1 Å². The van der Waals surface area contributed by atoms with E-state index in [4.69, 9.17) is 27.9 Å². The molecule has 0 aliphatic heterocycles. The first-order valence-electron chi connectivity index (χ1n) is 6.23. The highest BCUT2D eigenvalue weighted by atomic mass is 35.5. The maximum atomic E-state index is 6.23. The Kier molecular flexibility index (Phi) is 4.15. The third kappa shape index (κ3) is 3.05. The highest BCUT2D eigenvalue weighted by Crippen LogP contribution is 2.34. The smallest absolute Gasteiger partial charge is 0.124 e. The van der Waals surface area contributed by atoms with E-state index in [2.05, 4.69) is 4.98 Å². The zero-order valence-corrected chi connectivity index (χ0v) is 13.5. The van der Waals surface area contributed by atoms with Crippen LogP contribution >= 0.6 is 34.5 Å². The fraction of sp³-hybridized carbons (Fsp3) is 0.0625. The van der Waals surface area contributed by atoms with Crippen molar-refractivity contribution in [1.82, 2.24) is 4.98 Å². The fourth-order valence-corrected chi connectivity index (χ4v) is 3.31. The maximum absolute atomic E-state index is 6.23. The Morgan fingerprint density at radius 1 is 1.10 bits per heavy atom. The van der Waals surface area contributed by atoms with E-state index < -0.39 is 0 Å². The van der Waals surface area contributed by atoms with Gasteiger partial charge in [0.1, 0.15) is 10.8 Å². The summed E-state index contributed by atoms with van der Waals surface area (Å²) in [6.07, 6.45) is 0. The molecule has 3 rings (SSSR count). The van der Waals surface area contributed by atoms with Gasteiger partial charge in [-0.3, -0.25) is 0 Å². The molecule has 0 unspecified atom stereocenters. The van der Waals surface area contributed by atoms with Crippen LogP contribution in [0.25, 0.3) is 21.8 Å². The average molecular weight is 336 g/mol. The normalized spacial score (nSPS) is 10.6. The molecule has 2 nitrogen and oxygen atoms in total. The second kappa shape index (κ2) is 6.06. The number of hydrogen-bond donors (Lipinski definition) is 0. The lowest BCUT2D eigenvalue weighted by atomic mass is 10.2. The number of benzene rings is 2. The molecule has 0 N–H and O–H groups in total. The molecule has 0 amide bonds. The second-order valence-electron chi connectivity index (χ2n) is 4.39. The highest BCUT2D eigenvalue weighted by Gasteiger charge is 2.10. The van der Waals surface area contributed by atoms with Gasteiger partial charge in [-0.2, -0.15) is 0 Å². The molecule has 5 heteroatoms. The quantitative estimate of drug-likeness (QED) is 0.604. The predicted octanol–water partition coefficient (Wildman–Crippen LogP) is 5.79. The predicted molar refractivity (Wildman–Crippen MR) is 89.6 cm³/mol. The van der Waals surface area contributed by atoms with Gasteiger partial charge in [0.2, 0.25) is 0 Å². The SMILES string of the molecule is COc1cccc(-c2nc(-c3ccc(Cl)cc3Cl)cs2)c1. The number of halogens is 2. The van der Waals surface area contributed by atoms with E-state index in [0.717, 1.165) is 27.6 Å². The van der Waals surface area contributed by atoms with Crippen LogP contribution in [0.1, 0.15) is 0 Å². The summed E-state index contributed by atoms with van der Waals surface area (Å²) in [5, 5.41) is 4.14. The van der Waals surface area contributed by atoms with Gasteiger partial charge in [-0.25, -0.2) is 4.98 Å². The summed E-state index contributed by atoms with van der Waals surface area (Å²) < 4.78 is 5.24. The number of thiazole rings is 1. The number of hydrogen-bond acceptors (Lipinski definition) is 3. The molecule has 0 saturated carbocycles. The van der Waals surface area contributed by atoms with Gasteiger partial charge in [-0.05, 0) is 30.3 Å². The van der Waals surface area contributed by atoms with Crippen LogP contribution < -0.4 is 4.74 Å². The first-order chi connectivity index (χ1) is 10.2. The Morgan fingerprint density at radius 2 is 1.95 bits per heavy atom. The molecule has 0 spiro atoms. The molecule has 0 atom stereocenters. The summed E-state index contributed by atoms with van der Waals surface area (Å²) in [6.45, 7) is 0. The van der Waals surface area contributed by atoms with Crippen LogP contribution in [0, 0.1) is 0 Å². The molecule has 0 saturated heterocycles. The molecule has 1 aromatic heterocycles.